The lowest BCUT2D eigenvalue weighted by Crippen LogP contribution is -2.51. The van der Waals surface area contributed by atoms with Gasteiger partial charge in [0.15, 0.2) is 0 Å². The molecule has 1 saturated heterocycles. The van der Waals surface area contributed by atoms with Crippen molar-refractivity contribution in [3.63, 3.8) is 0 Å². The molecule has 1 amide bonds. The van der Waals surface area contributed by atoms with Crippen LogP contribution in [-0.2, 0) is 11.3 Å². The van der Waals surface area contributed by atoms with Crippen molar-refractivity contribution in [3.8, 4) is 11.1 Å². The Balaban J connectivity index is 1.76. The highest BCUT2D eigenvalue weighted by atomic mass is 16.6. The second kappa shape index (κ2) is 8.50. The number of amides is 1. The average Bonchev–Trinajstić information content (AvgIpc) is 2.68. The van der Waals surface area contributed by atoms with Gasteiger partial charge in [0.25, 0.3) is 5.56 Å². The first-order chi connectivity index (χ1) is 14.4. The fraction of sp³-hybridized carbons (Fsp3) is 0.520. The zero-order chi connectivity index (χ0) is 23.0. The molecule has 1 aliphatic rings. The molecule has 6 heteroatoms. The van der Waals surface area contributed by atoms with Crippen LogP contribution in [0.15, 0.2) is 41.3 Å². The Bertz CT molecular complexity index is 1000. The number of benzene rings is 1. The van der Waals surface area contributed by atoms with Crippen LogP contribution in [0.4, 0.5) is 4.79 Å². The maximum atomic E-state index is 12.7. The van der Waals surface area contributed by atoms with Crippen LogP contribution >= 0.6 is 0 Å². The van der Waals surface area contributed by atoms with Gasteiger partial charge in [-0.25, -0.2) is 4.79 Å². The van der Waals surface area contributed by atoms with Crippen molar-refractivity contribution in [2.24, 2.45) is 0 Å². The van der Waals surface area contributed by atoms with E-state index < -0.39 is 11.2 Å². The van der Waals surface area contributed by atoms with Crippen molar-refractivity contribution >= 4 is 6.09 Å². The molecule has 2 heterocycles. The minimum absolute atomic E-state index is 0.0386. The monoisotopic (exact) mass is 426 g/mol. The van der Waals surface area contributed by atoms with Gasteiger partial charge in [0.1, 0.15) is 5.60 Å². The molecule has 2 atom stereocenters. The van der Waals surface area contributed by atoms with Crippen molar-refractivity contribution in [2.45, 2.75) is 78.2 Å². The summed E-state index contributed by atoms with van der Waals surface area (Å²) in [7, 11) is 0. The van der Waals surface area contributed by atoms with E-state index in [1.54, 1.807) is 23.3 Å². The smallest absolute Gasteiger partial charge is 0.410 e. The lowest BCUT2D eigenvalue weighted by molar-refractivity contribution is -0.0859. The number of pyridine rings is 1. The Hall–Kier alpha value is -2.60. The van der Waals surface area contributed by atoms with Crippen LogP contribution in [0.5, 0.6) is 0 Å². The largest absolute Gasteiger partial charge is 0.443 e. The molecule has 6 nitrogen and oxygen atoms in total. The van der Waals surface area contributed by atoms with Gasteiger partial charge in [0.05, 0.1) is 11.6 Å². The standard InChI is InChI=1S/C25H34N2O4/c1-7-26-15-21(14-17(2)22(26)28)20-10-8-19(9-11-20)18(3)27-13-12-25(6,31-23(27)29)16-24(4,5)30/h8-11,14-15,18,30H,7,12-13,16H2,1-6H3/t18-,25-/m0/s1. The van der Waals surface area contributed by atoms with Gasteiger partial charge in [-0.05, 0) is 64.3 Å². The van der Waals surface area contributed by atoms with Crippen molar-refractivity contribution in [3.05, 3.63) is 58.0 Å². The van der Waals surface area contributed by atoms with Gasteiger partial charge in [-0.15, -0.1) is 0 Å². The topological polar surface area (TPSA) is 71.8 Å². The van der Waals surface area contributed by atoms with Gasteiger partial charge >= 0.3 is 6.09 Å². The molecule has 31 heavy (non-hydrogen) atoms. The summed E-state index contributed by atoms with van der Waals surface area (Å²) < 4.78 is 7.46. The molecule has 0 bridgehead atoms. The number of rotatable bonds is 6. The molecule has 0 saturated carbocycles. The number of hydrogen-bond donors (Lipinski definition) is 1. The van der Waals surface area contributed by atoms with Crippen molar-refractivity contribution in [2.75, 3.05) is 6.54 Å². The molecule has 1 aliphatic heterocycles. The number of aromatic nitrogens is 1. The van der Waals surface area contributed by atoms with E-state index in [2.05, 4.69) is 0 Å². The van der Waals surface area contributed by atoms with E-state index in [4.69, 9.17) is 4.74 Å². The molecule has 3 rings (SSSR count). The van der Waals surface area contributed by atoms with E-state index >= 15 is 0 Å². The van der Waals surface area contributed by atoms with Crippen LogP contribution in [0.1, 0.15) is 64.6 Å². The number of aliphatic hydroxyl groups is 1. The third-order valence-electron chi connectivity index (χ3n) is 6.06. The van der Waals surface area contributed by atoms with Crippen LogP contribution in [0.25, 0.3) is 11.1 Å². The molecular weight excluding hydrogens is 392 g/mol. The van der Waals surface area contributed by atoms with Crippen LogP contribution < -0.4 is 5.56 Å². The van der Waals surface area contributed by atoms with E-state index in [9.17, 15) is 14.7 Å². The number of aryl methyl sites for hydroxylation is 2. The number of cyclic esters (lactones) is 1. The van der Waals surface area contributed by atoms with E-state index in [1.165, 1.54) is 0 Å². The highest BCUT2D eigenvalue weighted by Crippen LogP contribution is 2.35. The zero-order valence-electron chi connectivity index (χ0n) is 19.4. The average molecular weight is 427 g/mol. The fourth-order valence-electron chi connectivity index (χ4n) is 4.47. The second-order valence-electron chi connectivity index (χ2n) is 9.55. The van der Waals surface area contributed by atoms with Gasteiger partial charge in [0.2, 0.25) is 0 Å². The lowest BCUT2D eigenvalue weighted by atomic mass is 9.87. The van der Waals surface area contributed by atoms with Crippen molar-refractivity contribution < 1.29 is 14.6 Å². The molecular formula is C25H34N2O4. The summed E-state index contributed by atoms with van der Waals surface area (Å²) in [5.74, 6) is 0. The van der Waals surface area contributed by atoms with Crippen LogP contribution in [0, 0.1) is 6.92 Å². The van der Waals surface area contributed by atoms with Gasteiger partial charge < -0.3 is 19.3 Å². The van der Waals surface area contributed by atoms with E-state index in [-0.39, 0.29) is 17.7 Å². The molecule has 1 aromatic heterocycles. The molecule has 1 fully saturated rings. The summed E-state index contributed by atoms with van der Waals surface area (Å²) in [6, 6.07) is 9.89. The SMILES string of the molecule is CCn1cc(-c2ccc([C@H](C)N3CC[C@@](C)(CC(C)(C)O)OC3=O)cc2)cc(C)c1=O. The Kier molecular flexibility index (Phi) is 6.33. The maximum Gasteiger partial charge on any atom is 0.410 e. The summed E-state index contributed by atoms with van der Waals surface area (Å²) in [6.45, 7) is 12.4. The van der Waals surface area contributed by atoms with Gasteiger partial charge in [-0.1, -0.05) is 24.3 Å². The highest BCUT2D eigenvalue weighted by Gasteiger charge is 2.41. The predicted molar refractivity (Wildman–Crippen MR) is 122 cm³/mol. The minimum atomic E-state index is -0.892. The molecule has 168 valence electrons. The zero-order valence-corrected chi connectivity index (χ0v) is 19.4. The second-order valence-corrected chi connectivity index (χ2v) is 9.55. The van der Waals surface area contributed by atoms with Crippen LogP contribution in [-0.4, -0.2) is 38.4 Å². The first kappa shape index (κ1) is 23.1. The van der Waals surface area contributed by atoms with Gasteiger partial charge in [-0.3, -0.25) is 4.79 Å². The summed E-state index contributed by atoms with van der Waals surface area (Å²) >= 11 is 0. The third-order valence-corrected chi connectivity index (χ3v) is 6.06. The molecule has 0 radical (unpaired) electrons. The number of carbonyl (C=O) groups excluding carboxylic acids is 1. The molecule has 1 aromatic carbocycles. The summed E-state index contributed by atoms with van der Waals surface area (Å²) in [4.78, 5) is 26.6. The molecule has 0 unspecified atom stereocenters. The Morgan fingerprint density at radius 3 is 2.39 bits per heavy atom. The minimum Gasteiger partial charge on any atom is -0.443 e. The van der Waals surface area contributed by atoms with Crippen molar-refractivity contribution in [1.29, 1.82) is 0 Å². The van der Waals surface area contributed by atoms with Crippen LogP contribution in [0.3, 0.4) is 0 Å². The van der Waals surface area contributed by atoms with Gasteiger partial charge in [0, 0.05) is 37.7 Å². The molecule has 0 aliphatic carbocycles. The molecule has 0 spiro atoms. The van der Waals surface area contributed by atoms with E-state index in [1.807, 2.05) is 64.2 Å². The molecule has 1 N–H and O–H groups in total. The first-order valence-electron chi connectivity index (χ1n) is 11.0. The number of carbonyl (C=O) groups is 1. The van der Waals surface area contributed by atoms with E-state index in [0.717, 1.165) is 22.3 Å². The quantitative estimate of drug-likeness (QED) is 0.729. The Labute approximate surface area is 184 Å². The predicted octanol–water partition coefficient (Wildman–Crippen LogP) is 4.67. The lowest BCUT2D eigenvalue weighted by Gasteiger charge is -2.43. The summed E-state index contributed by atoms with van der Waals surface area (Å²) in [5, 5.41) is 10.1. The third kappa shape index (κ3) is 5.18. The Morgan fingerprint density at radius 1 is 1.19 bits per heavy atom. The molecule has 2 aromatic rings. The number of hydrogen-bond acceptors (Lipinski definition) is 4. The number of ether oxygens (including phenoxy) is 1. The highest BCUT2D eigenvalue weighted by molar-refractivity contribution is 5.70. The Morgan fingerprint density at radius 2 is 1.84 bits per heavy atom. The first-order valence-corrected chi connectivity index (χ1v) is 11.0. The summed E-state index contributed by atoms with van der Waals surface area (Å²) in [6.07, 6.45) is 2.62. The maximum absolute atomic E-state index is 12.7. The number of nitrogens with zero attached hydrogens (tertiary/aromatic N) is 2. The summed E-state index contributed by atoms with van der Waals surface area (Å²) in [5.41, 5.74) is 2.26. The van der Waals surface area contributed by atoms with Gasteiger partial charge in [-0.2, -0.15) is 0 Å². The van der Waals surface area contributed by atoms with Crippen molar-refractivity contribution in [1.82, 2.24) is 9.47 Å². The fourth-order valence-corrected chi connectivity index (χ4v) is 4.47. The normalized spacial score (nSPS) is 20.5. The van der Waals surface area contributed by atoms with E-state index in [0.29, 0.717) is 25.9 Å². The van der Waals surface area contributed by atoms with Crippen LogP contribution in [0.2, 0.25) is 0 Å².